The minimum atomic E-state index is -0.616. The number of hydrogen-bond donors (Lipinski definition) is 3. The Labute approximate surface area is 138 Å². The first kappa shape index (κ1) is 19.3. The van der Waals surface area contributed by atoms with Crippen LogP contribution < -0.4 is 20.1 Å². The number of amides is 1. The van der Waals surface area contributed by atoms with Crippen molar-refractivity contribution in [3.63, 3.8) is 0 Å². The SMILES string of the molecule is CCCNC(=O)c1ccc(OCC(O)CNC(C)C)c(OC)c1. The van der Waals surface area contributed by atoms with Crippen molar-refractivity contribution in [2.75, 3.05) is 26.8 Å². The molecular weight excluding hydrogens is 296 g/mol. The van der Waals surface area contributed by atoms with E-state index in [4.69, 9.17) is 9.47 Å². The van der Waals surface area contributed by atoms with Gasteiger partial charge in [0, 0.05) is 24.7 Å². The third kappa shape index (κ3) is 6.88. The summed E-state index contributed by atoms with van der Waals surface area (Å²) in [6, 6.07) is 5.31. The topological polar surface area (TPSA) is 79.8 Å². The number of carbonyl (C=O) groups excluding carboxylic acids is 1. The summed E-state index contributed by atoms with van der Waals surface area (Å²) in [7, 11) is 1.52. The number of benzene rings is 1. The smallest absolute Gasteiger partial charge is 0.251 e. The van der Waals surface area contributed by atoms with E-state index in [0.29, 0.717) is 36.2 Å². The lowest BCUT2D eigenvalue weighted by molar-refractivity contribution is 0.0951. The predicted molar refractivity (Wildman–Crippen MR) is 90.3 cm³/mol. The Balaban J connectivity index is 2.64. The van der Waals surface area contributed by atoms with Gasteiger partial charge in [-0.05, 0) is 24.6 Å². The molecule has 0 spiro atoms. The van der Waals surface area contributed by atoms with Gasteiger partial charge in [0.15, 0.2) is 11.5 Å². The van der Waals surface area contributed by atoms with Crippen LogP contribution in [-0.2, 0) is 0 Å². The predicted octanol–water partition coefficient (Wildman–Crippen LogP) is 1.57. The molecule has 1 aromatic carbocycles. The van der Waals surface area contributed by atoms with Gasteiger partial charge in [0.1, 0.15) is 12.7 Å². The molecule has 1 rings (SSSR count). The Kier molecular flexibility index (Phi) is 8.43. The van der Waals surface area contributed by atoms with Crippen LogP contribution >= 0.6 is 0 Å². The van der Waals surface area contributed by atoms with Gasteiger partial charge in [-0.25, -0.2) is 0 Å². The molecule has 0 aromatic heterocycles. The first-order chi connectivity index (χ1) is 11.0. The van der Waals surface area contributed by atoms with Crippen LogP contribution in [0.4, 0.5) is 0 Å². The first-order valence-electron chi connectivity index (χ1n) is 7.98. The highest BCUT2D eigenvalue weighted by Gasteiger charge is 2.12. The number of methoxy groups -OCH3 is 1. The van der Waals surface area contributed by atoms with E-state index in [1.165, 1.54) is 7.11 Å². The Morgan fingerprint density at radius 2 is 2.04 bits per heavy atom. The maximum atomic E-state index is 11.9. The van der Waals surface area contributed by atoms with Crippen molar-refractivity contribution in [3.8, 4) is 11.5 Å². The summed E-state index contributed by atoms with van der Waals surface area (Å²) in [4.78, 5) is 11.9. The highest BCUT2D eigenvalue weighted by Crippen LogP contribution is 2.28. The molecule has 3 N–H and O–H groups in total. The summed E-state index contributed by atoms with van der Waals surface area (Å²) in [6.07, 6.45) is 0.265. The molecule has 6 nitrogen and oxygen atoms in total. The number of aliphatic hydroxyl groups excluding tert-OH is 1. The van der Waals surface area contributed by atoms with E-state index in [1.54, 1.807) is 18.2 Å². The number of ether oxygens (including phenoxy) is 2. The molecule has 0 bridgehead atoms. The van der Waals surface area contributed by atoms with Crippen molar-refractivity contribution in [1.82, 2.24) is 10.6 Å². The molecule has 0 aliphatic carbocycles. The van der Waals surface area contributed by atoms with Crippen LogP contribution in [0.25, 0.3) is 0 Å². The van der Waals surface area contributed by atoms with Crippen molar-refractivity contribution in [2.45, 2.75) is 39.3 Å². The van der Waals surface area contributed by atoms with Crippen LogP contribution in [0, 0.1) is 0 Å². The van der Waals surface area contributed by atoms with Crippen LogP contribution in [0.15, 0.2) is 18.2 Å². The van der Waals surface area contributed by atoms with Gasteiger partial charge >= 0.3 is 0 Å². The fraction of sp³-hybridized carbons (Fsp3) is 0.588. The van der Waals surface area contributed by atoms with Crippen LogP contribution in [0.1, 0.15) is 37.6 Å². The van der Waals surface area contributed by atoms with E-state index in [9.17, 15) is 9.90 Å². The van der Waals surface area contributed by atoms with Gasteiger partial charge in [0.05, 0.1) is 7.11 Å². The molecule has 1 aromatic rings. The van der Waals surface area contributed by atoms with E-state index < -0.39 is 6.10 Å². The Morgan fingerprint density at radius 1 is 1.30 bits per heavy atom. The van der Waals surface area contributed by atoms with Gasteiger partial charge in [0.2, 0.25) is 0 Å². The number of hydrogen-bond acceptors (Lipinski definition) is 5. The molecule has 1 unspecified atom stereocenters. The highest BCUT2D eigenvalue weighted by atomic mass is 16.5. The molecule has 0 aliphatic rings. The van der Waals surface area contributed by atoms with E-state index in [-0.39, 0.29) is 12.5 Å². The van der Waals surface area contributed by atoms with Crippen molar-refractivity contribution < 1.29 is 19.4 Å². The molecule has 0 radical (unpaired) electrons. The molecule has 0 aliphatic heterocycles. The fourth-order valence-corrected chi connectivity index (χ4v) is 1.89. The summed E-state index contributed by atoms with van der Waals surface area (Å²) < 4.78 is 10.9. The molecule has 23 heavy (non-hydrogen) atoms. The maximum Gasteiger partial charge on any atom is 0.251 e. The highest BCUT2D eigenvalue weighted by molar-refractivity contribution is 5.94. The summed E-state index contributed by atoms with van der Waals surface area (Å²) >= 11 is 0. The molecule has 130 valence electrons. The number of aliphatic hydroxyl groups is 1. The molecule has 0 heterocycles. The van der Waals surface area contributed by atoms with Crippen LogP contribution in [0.3, 0.4) is 0 Å². The second-order valence-electron chi connectivity index (χ2n) is 5.65. The van der Waals surface area contributed by atoms with Crippen LogP contribution in [0.5, 0.6) is 11.5 Å². The zero-order valence-electron chi connectivity index (χ0n) is 14.4. The Morgan fingerprint density at radius 3 is 2.65 bits per heavy atom. The zero-order chi connectivity index (χ0) is 17.2. The van der Waals surface area contributed by atoms with E-state index in [1.807, 2.05) is 20.8 Å². The molecule has 6 heteroatoms. The van der Waals surface area contributed by atoms with Gasteiger partial charge in [-0.2, -0.15) is 0 Å². The lowest BCUT2D eigenvalue weighted by Crippen LogP contribution is -2.35. The summed E-state index contributed by atoms with van der Waals surface area (Å²) in [5.74, 6) is 0.833. The lowest BCUT2D eigenvalue weighted by atomic mass is 10.2. The second-order valence-corrected chi connectivity index (χ2v) is 5.65. The summed E-state index contributed by atoms with van der Waals surface area (Å²) in [6.45, 7) is 7.26. The van der Waals surface area contributed by atoms with Crippen LogP contribution in [-0.4, -0.2) is 50.0 Å². The summed E-state index contributed by atoms with van der Waals surface area (Å²) in [5, 5.41) is 15.8. The van der Waals surface area contributed by atoms with E-state index in [2.05, 4.69) is 10.6 Å². The van der Waals surface area contributed by atoms with Gasteiger partial charge in [-0.15, -0.1) is 0 Å². The largest absolute Gasteiger partial charge is 0.493 e. The third-order valence-corrected chi connectivity index (χ3v) is 3.15. The average molecular weight is 324 g/mol. The van der Waals surface area contributed by atoms with Gasteiger partial charge in [-0.1, -0.05) is 20.8 Å². The average Bonchev–Trinajstić information content (AvgIpc) is 2.55. The maximum absolute atomic E-state index is 11.9. The minimum Gasteiger partial charge on any atom is -0.493 e. The quantitative estimate of drug-likeness (QED) is 0.609. The third-order valence-electron chi connectivity index (χ3n) is 3.15. The van der Waals surface area contributed by atoms with E-state index in [0.717, 1.165) is 6.42 Å². The second kappa shape index (κ2) is 10.1. The van der Waals surface area contributed by atoms with Crippen LogP contribution in [0.2, 0.25) is 0 Å². The number of carbonyl (C=O) groups is 1. The standard InChI is InChI=1S/C17H28N2O4/c1-5-8-18-17(21)13-6-7-15(16(9-13)22-4)23-11-14(20)10-19-12(2)3/h6-7,9,12,14,19-20H,5,8,10-11H2,1-4H3,(H,18,21). The van der Waals surface area contributed by atoms with Crippen molar-refractivity contribution in [1.29, 1.82) is 0 Å². The molecule has 1 atom stereocenters. The molecular formula is C17H28N2O4. The van der Waals surface area contributed by atoms with Crippen molar-refractivity contribution >= 4 is 5.91 Å². The number of nitrogens with one attached hydrogen (secondary N) is 2. The normalized spacial score (nSPS) is 12.1. The Bertz CT molecular complexity index is 491. The zero-order valence-corrected chi connectivity index (χ0v) is 14.4. The summed E-state index contributed by atoms with van der Waals surface area (Å²) in [5.41, 5.74) is 0.518. The van der Waals surface area contributed by atoms with Gasteiger partial charge in [0.25, 0.3) is 5.91 Å². The molecule has 0 fully saturated rings. The lowest BCUT2D eigenvalue weighted by Gasteiger charge is -2.16. The first-order valence-corrected chi connectivity index (χ1v) is 7.98. The molecule has 0 saturated carbocycles. The number of rotatable bonds is 10. The minimum absolute atomic E-state index is 0.141. The molecule has 0 saturated heterocycles. The fourth-order valence-electron chi connectivity index (χ4n) is 1.89. The monoisotopic (exact) mass is 324 g/mol. The molecule has 1 amide bonds. The van der Waals surface area contributed by atoms with Gasteiger partial charge in [-0.3, -0.25) is 4.79 Å². The Hall–Kier alpha value is -1.79. The van der Waals surface area contributed by atoms with E-state index >= 15 is 0 Å². The van der Waals surface area contributed by atoms with Gasteiger partial charge < -0.3 is 25.2 Å². The van der Waals surface area contributed by atoms with Crippen molar-refractivity contribution in [3.05, 3.63) is 23.8 Å². The van der Waals surface area contributed by atoms with Crippen molar-refractivity contribution in [2.24, 2.45) is 0 Å².